The Labute approximate surface area is 109 Å². The zero-order chi connectivity index (χ0) is 13.9. The Morgan fingerprint density at radius 2 is 2.26 bits per heavy atom. The van der Waals surface area contributed by atoms with Crippen LogP contribution in [0.2, 0.25) is 0 Å². The summed E-state index contributed by atoms with van der Waals surface area (Å²) < 4.78 is 25.1. The van der Waals surface area contributed by atoms with Gasteiger partial charge in [-0.1, -0.05) is 0 Å². The molecule has 2 amide bonds. The van der Waals surface area contributed by atoms with Crippen LogP contribution in [0.5, 0.6) is 0 Å². The molecule has 0 atom stereocenters. The van der Waals surface area contributed by atoms with E-state index < -0.39 is 5.92 Å². The summed E-state index contributed by atoms with van der Waals surface area (Å²) in [6, 6.07) is -0.374. The fourth-order valence-electron chi connectivity index (χ4n) is 1.97. The van der Waals surface area contributed by atoms with Crippen LogP contribution in [0, 0.1) is 5.92 Å². The highest BCUT2D eigenvalue weighted by Crippen LogP contribution is 2.41. The van der Waals surface area contributed by atoms with Gasteiger partial charge in [0.15, 0.2) is 0 Å². The average molecular weight is 273 g/mol. The van der Waals surface area contributed by atoms with Gasteiger partial charge in [-0.25, -0.2) is 13.6 Å². The number of alkyl halides is 2. The summed E-state index contributed by atoms with van der Waals surface area (Å²) in [7, 11) is 0. The van der Waals surface area contributed by atoms with Crippen molar-refractivity contribution in [1.29, 1.82) is 0 Å². The number of aromatic nitrogens is 3. The van der Waals surface area contributed by atoms with E-state index in [1.54, 1.807) is 6.20 Å². The van der Waals surface area contributed by atoms with Crippen molar-refractivity contribution < 1.29 is 13.6 Å². The van der Waals surface area contributed by atoms with Crippen molar-refractivity contribution in [2.75, 3.05) is 6.54 Å². The molecule has 6 nitrogen and oxygen atoms in total. The third-order valence-electron chi connectivity index (χ3n) is 3.02. The molecule has 8 heteroatoms. The maximum absolute atomic E-state index is 12.6. The lowest BCUT2D eigenvalue weighted by Crippen LogP contribution is -2.45. The first-order valence-electron chi connectivity index (χ1n) is 6.27. The number of carbonyl (C=O) groups is 1. The molecule has 1 aliphatic rings. The van der Waals surface area contributed by atoms with Crippen molar-refractivity contribution in [2.45, 2.75) is 38.8 Å². The molecular weight excluding hydrogens is 256 g/mol. The van der Waals surface area contributed by atoms with Crippen LogP contribution in [0.25, 0.3) is 0 Å². The Kier molecular flexibility index (Phi) is 3.96. The van der Waals surface area contributed by atoms with E-state index in [0.29, 0.717) is 12.2 Å². The zero-order valence-corrected chi connectivity index (χ0v) is 10.7. The molecule has 1 aromatic heterocycles. The SMILES string of the molecule is CCn1ncc(CNC(=O)NCC2CC(F)(F)C2)n1. The summed E-state index contributed by atoms with van der Waals surface area (Å²) in [6.07, 6.45) is 1.30. The molecule has 0 aromatic carbocycles. The highest BCUT2D eigenvalue weighted by molar-refractivity contribution is 5.73. The fourth-order valence-corrected chi connectivity index (χ4v) is 1.97. The van der Waals surface area contributed by atoms with Gasteiger partial charge < -0.3 is 10.6 Å². The lowest BCUT2D eigenvalue weighted by molar-refractivity contribution is -0.108. The maximum atomic E-state index is 12.6. The van der Waals surface area contributed by atoms with Crippen LogP contribution in [-0.2, 0) is 13.1 Å². The van der Waals surface area contributed by atoms with Gasteiger partial charge in [0, 0.05) is 19.4 Å². The second-order valence-electron chi connectivity index (χ2n) is 4.72. The van der Waals surface area contributed by atoms with Crippen LogP contribution >= 0.6 is 0 Å². The van der Waals surface area contributed by atoms with Gasteiger partial charge in [-0.2, -0.15) is 15.0 Å². The van der Waals surface area contributed by atoms with Crippen LogP contribution in [0.3, 0.4) is 0 Å². The number of rotatable bonds is 5. The van der Waals surface area contributed by atoms with Crippen LogP contribution in [-0.4, -0.2) is 33.5 Å². The van der Waals surface area contributed by atoms with E-state index in [1.807, 2.05) is 6.92 Å². The second kappa shape index (κ2) is 5.50. The molecule has 0 aliphatic heterocycles. The largest absolute Gasteiger partial charge is 0.338 e. The minimum atomic E-state index is -2.54. The Morgan fingerprint density at radius 3 is 2.84 bits per heavy atom. The molecule has 106 valence electrons. The fraction of sp³-hybridized carbons (Fsp3) is 0.727. The number of halogens is 2. The lowest BCUT2D eigenvalue weighted by atomic mass is 9.81. The lowest BCUT2D eigenvalue weighted by Gasteiger charge is -2.34. The van der Waals surface area contributed by atoms with Crippen molar-refractivity contribution in [3.05, 3.63) is 11.9 Å². The molecule has 19 heavy (non-hydrogen) atoms. The topological polar surface area (TPSA) is 71.8 Å². The standard InChI is InChI=1S/C11H17F2N5O/c1-2-18-16-7-9(17-18)6-15-10(19)14-5-8-3-11(12,13)4-8/h7-8H,2-6H2,1H3,(H2,14,15,19). The number of nitrogens with one attached hydrogen (secondary N) is 2. The highest BCUT2D eigenvalue weighted by Gasteiger charge is 2.44. The molecule has 0 spiro atoms. The van der Waals surface area contributed by atoms with Gasteiger partial charge >= 0.3 is 6.03 Å². The smallest absolute Gasteiger partial charge is 0.315 e. The van der Waals surface area contributed by atoms with Gasteiger partial charge in [0.1, 0.15) is 5.69 Å². The summed E-state index contributed by atoms with van der Waals surface area (Å²) in [5.41, 5.74) is 0.659. The number of hydrogen-bond donors (Lipinski definition) is 2. The number of aryl methyl sites for hydroxylation is 1. The van der Waals surface area contributed by atoms with Gasteiger partial charge in [0.05, 0.1) is 19.3 Å². The monoisotopic (exact) mass is 273 g/mol. The summed E-state index contributed by atoms with van der Waals surface area (Å²) in [5.74, 6) is -2.66. The normalized spacial score (nSPS) is 17.8. The first kappa shape index (κ1) is 13.7. The van der Waals surface area contributed by atoms with Crippen LogP contribution in [0.4, 0.5) is 13.6 Å². The molecule has 0 radical (unpaired) electrons. The van der Waals surface area contributed by atoms with Crippen molar-refractivity contribution in [1.82, 2.24) is 25.6 Å². The minimum absolute atomic E-state index is 0.123. The average Bonchev–Trinajstić information content (AvgIpc) is 2.79. The van der Waals surface area contributed by atoms with Crippen LogP contribution < -0.4 is 10.6 Å². The van der Waals surface area contributed by atoms with Gasteiger partial charge in [-0.05, 0) is 12.8 Å². The molecule has 0 bridgehead atoms. The van der Waals surface area contributed by atoms with E-state index in [1.165, 1.54) is 4.80 Å². The Hall–Kier alpha value is -1.73. The van der Waals surface area contributed by atoms with Crippen LogP contribution in [0.1, 0.15) is 25.5 Å². The predicted octanol–water partition coefficient (Wildman–Crippen LogP) is 1.14. The van der Waals surface area contributed by atoms with Gasteiger partial charge in [-0.3, -0.25) is 0 Å². The molecule has 1 aliphatic carbocycles. The summed E-state index contributed by atoms with van der Waals surface area (Å²) in [4.78, 5) is 13.0. The summed E-state index contributed by atoms with van der Waals surface area (Å²) in [6.45, 7) is 3.14. The Balaban J connectivity index is 1.62. The molecule has 1 saturated carbocycles. The van der Waals surface area contributed by atoms with Crippen molar-refractivity contribution in [3.63, 3.8) is 0 Å². The molecular formula is C11H17F2N5O. The number of hydrogen-bond acceptors (Lipinski definition) is 3. The quantitative estimate of drug-likeness (QED) is 0.845. The molecule has 1 fully saturated rings. The zero-order valence-electron chi connectivity index (χ0n) is 10.7. The van der Waals surface area contributed by atoms with Crippen molar-refractivity contribution in [3.8, 4) is 0 Å². The molecule has 0 unspecified atom stereocenters. The third kappa shape index (κ3) is 3.87. The number of carbonyl (C=O) groups excluding carboxylic acids is 1. The van der Waals surface area contributed by atoms with E-state index in [0.717, 1.165) is 0 Å². The van der Waals surface area contributed by atoms with Crippen molar-refractivity contribution >= 4 is 6.03 Å². The number of nitrogens with zero attached hydrogens (tertiary/aromatic N) is 3. The van der Waals surface area contributed by atoms with Gasteiger partial charge in [0.2, 0.25) is 5.92 Å². The molecule has 2 rings (SSSR count). The first-order chi connectivity index (χ1) is 8.98. The molecule has 1 heterocycles. The highest BCUT2D eigenvalue weighted by atomic mass is 19.3. The van der Waals surface area contributed by atoms with E-state index in [-0.39, 0.29) is 37.9 Å². The van der Waals surface area contributed by atoms with E-state index in [2.05, 4.69) is 20.8 Å². The number of amides is 2. The summed E-state index contributed by atoms with van der Waals surface area (Å²) >= 11 is 0. The van der Waals surface area contributed by atoms with E-state index >= 15 is 0 Å². The third-order valence-corrected chi connectivity index (χ3v) is 3.02. The van der Waals surface area contributed by atoms with Crippen LogP contribution in [0.15, 0.2) is 6.20 Å². The van der Waals surface area contributed by atoms with Gasteiger partial charge in [0.25, 0.3) is 0 Å². The van der Waals surface area contributed by atoms with Gasteiger partial charge in [-0.15, -0.1) is 0 Å². The second-order valence-corrected chi connectivity index (χ2v) is 4.72. The minimum Gasteiger partial charge on any atom is -0.338 e. The van der Waals surface area contributed by atoms with E-state index in [9.17, 15) is 13.6 Å². The molecule has 1 aromatic rings. The summed E-state index contributed by atoms with van der Waals surface area (Å²) in [5, 5.41) is 13.3. The molecule has 2 N–H and O–H groups in total. The van der Waals surface area contributed by atoms with Crippen molar-refractivity contribution in [2.24, 2.45) is 5.92 Å². The Morgan fingerprint density at radius 1 is 1.53 bits per heavy atom. The number of urea groups is 1. The first-order valence-corrected chi connectivity index (χ1v) is 6.27. The molecule has 0 saturated heterocycles. The maximum Gasteiger partial charge on any atom is 0.315 e. The van der Waals surface area contributed by atoms with E-state index in [4.69, 9.17) is 0 Å². The Bertz CT molecular complexity index is 440. The predicted molar refractivity (Wildman–Crippen MR) is 63.6 cm³/mol.